The first-order valence-corrected chi connectivity index (χ1v) is 8.79. The molecule has 0 unspecified atom stereocenters. The van der Waals surface area contributed by atoms with E-state index in [1.165, 1.54) is 0 Å². The largest absolute Gasteiger partial charge is 0.311 e. The van der Waals surface area contributed by atoms with Crippen LogP contribution in [-0.4, -0.2) is 29.9 Å². The number of carbonyl (C=O) groups is 1. The van der Waals surface area contributed by atoms with Crippen LogP contribution in [0.25, 0.3) is 11.3 Å². The van der Waals surface area contributed by atoms with Gasteiger partial charge in [0.2, 0.25) is 5.91 Å². The fourth-order valence-electron chi connectivity index (χ4n) is 1.66. The molecule has 0 atom stereocenters. The third-order valence-corrected chi connectivity index (χ3v) is 4.80. The first-order valence-electron chi connectivity index (χ1n) is 6.13. The van der Waals surface area contributed by atoms with Crippen molar-refractivity contribution < 1.29 is 13.2 Å². The molecule has 0 spiro atoms. The molecule has 2 aromatic rings. The van der Waals surface area contributed by atoms with Crippen LogP contribution in [0.2, 0.25) is 0 Å². The van der Waals surface area contributed by atoms with Crippen LogP contribution in [0.1, 0.15) is 6.42 Å². The summed E-state index contributed by atoms with van der Waals surface area (Å²) in [5.74, 6) is -0.102. The van der Waals surface area contributed by atoms with Gasteiger partial charge in [-0.3, -0.25) is 9.48 Å². The van der Waals surface area contributed by atoms with Crippen molar-refractivity contribution in [2.45, 2.75) is 6.42 Å². The van der Waals surface area contributed by atoms with E-state index in [1.54, 1.807) is 29.1 Å². The Balaban J connectivity index is 2.03. The second-order valence-electron chi connectivity index (χ2n) is 4.38. The molecule has 6 nitrogen and oxygen atoms in total. The van der Waals surface area contributed by atoms with E-state index in [9.17, 15) is 13.2 Å². The van der Waals surface area contributed by atoms with E-state index in [0.717, 1.165) is 16.7 Å². The van der Waals surface area contributed by atoms with Gasteiger partial charge in [-0.05, 0) is 11.4 Å². The molecule has 112 valence electrons. The number of nitrogens with one attached hydrogen (secondary N) is 1. The lowest BCUT2D eigenvalue weighted by Gasteiger charge is -2.04. The van der Waals surface area contributed by atoms with Crippen molar-refractivity contribution in [1.29, 1.82) is 0 Å². The number of thiophene rings is 1. The molecule has 0 saturated carbocycles. The maximum Gasteiger partial charge on any atom is 0.226 e. The first kappa shape index (κ1) is 15.5. The van der Waals surface area contributed by atoms with Crippen molar-refractivity contribution in [3.05, 3.63) is 34.9 Å². The molecule has 0 aromatic carbocycles. The molecule has 2 aromatic heterocycles. The molecule has 0 aliphatic heterocycles. The van der Waals surface area contributed by atoms with Gasteiger partial charge in [0.15, 0.2) is 9.84 Å². The number of hydrogen-bond donors (Lipinski definition) is 1. The second kappa shape index (κ2) is 6.23. The fourth-order valence-corrected chi connectivity index (χ4v) is 2.95. The number of amides is 1. The molecular weight excluding hydrogens is 310 g/mol. The lowest BCUT2D eigenvalue weighted by molar-refractivity contribution is -0.115. The Kier molecular flexibility index (Phi) is 4.59. The molecule has 0 aliphatic rings. The zero-order valence-electron chi connectivity index (χ0n) is 11.4. The number of carbonyl (C=O) groups excluding carboxylic acids is 1. The third kappa shape index (κ3) is 4.02. The van der Waals surface area contributed by atoms with E-state index in [1.807, 2.05) is 16.8 Å². The maximum atomic E-state index is 11.8. The van der Waals surface area contributed by atoms with Crippen molar-refractivity contribution in [3.63, 3.8) is 0 Å². The summed E-state index contributed by atoms with van der Waals surface area (Å²) >= 11 is 1.56. The molecule has 2 rings (SSSR count). The number of sulfone groups is 1. The van der Waals surface area contributed by atoms with Gasteiger partial charge in [-0.15, -0.1) is 0 Å². The maximum absolute atomic E-state index is 11.8. The van der Waals surface area contributed by atoms with Gasteiger partial charge >= 0.3 is 0 Å². The van der Waals surface area contributed by atoms with E-state index in [4.69, 9.17) is 0 Å². The van der Waals surface area contributed by atoms with Crippen molar-refractivity contribution in [3.8, 4) is 11.3 Å². The first-order chi connectivity index (χ1) is 9.91. The van der Waals surface area contributed by atoms with Gasteiger partial charge in [0.05, 0.1) is 11.4 Å². The lowest BCUT2D eigenvalue weighted by atomic mass is 10.2. The monoisotopic (exact) mass is 325 g/mol. The quantitative estimate of drug-likeness (QED) is 0.881. The fraction of sp³-hybridized carbons (Fsp3) is 0.231. The van der Waals surface area contributed by atoms with Crippen LogP contribution in [0.4, 0.5) is 5.82 Å². The summed E-state index contributed by atoms with van der Waals surface area (Å²) in [5.41, 5.74) is 1.73. The van der Waals surface area contributed by atoms with Crippen molar-refractivity contribution >= 4 is 32.9 Å². The molecule has 0 bridgehead atoms. The lowest BCUT2D eigenvalue weighted by Crippen LogP contribution is -2.17. The predicted molar refractivity (Wildman–Crippen MR) is 83.8 cm³/mol. The molecule has 1 amide bonds. The molecule has 0 fully saturated rings. The van der Waals surface area contributed by atoms with Crippen LogP contribution < -0.4 is 5.32 Å². The zero-order valence-corrected chi connectivity index (χ0v) is 13.1. The Hall–Kier alpha value is -1.93. The highest BCUT2D eigenvalue weighted by molar-refractivity contribution is 7.94. The average Bonchev–Trinajstić information content (AvgIpc) is 3.07. The Bertz CT molecular complexity index is 746. The number of rotatable bonds is 6. The molecule has 0 aliphatic carbocycles. The predicted octanol–water partition coefficient (Wildman–Crippen LogP) is 2.04. The summed E-state index contributed by atoms with van der Waals surface area (Å²) in [4.78, 5) is 11.8. The number of aryl methyl sites for hydroxylation is 1. The Morgan fingerprint density at radius 2 is 2.33 bits per heavy atom. The number of aromatic nitrogens is 2. The minimum Gasteiger partial charge on any atom is -0.311 e. The molecule has 1 N–H and O–H groups in total. The highest BCUT2D eigenvalue weighted by Crippen LogP contribution is 2.23. The highest BCUT2D eigenvalue weighted by atomic mass is 32.2. The third-order valence-electron chi connectivity index (χ3n) is 2.83. The minimum atomic E-state index is -3.37. The van der Waals surface area contributed by atoms with Gasteiger partial charge in [0.1, 0.15) is 5.82 Å². The van der Waals surface area contributed by atoms with Crippen LogP contribution in [-0.2, 0) is 21.7 Å². The molecule has 2 heterocycles. The summed E-state index contributed by atoms with van der Waals surface area (Å²) in [5, 5.41) is 11.7. The van der Waals surface area contributed by atoms with Crippen LogP contribution in [0.3, 0.4) is 0 Å². The Morgan fingerprint density at radius 1 is 1.57 bits per heavy atom. The van der Waals surface area contributed by atoms with Gasteiger partial charge in [-0.2, -0.15) is 16.4 Å². The van der Waals surface area contributed by atoms with E-state index in [0.29, 0.717) is 5.82 Å². The summed E-state index contributed by atoms with van der Waals surface area (Å²) in [7, 11) is -1.65. The molecule has 8 heteroatoms. The van der Waals surface area contributed by atoms with Crippen LogP contribution in [0.5, 0.6) is 0 Å². The van der Waals surface area contributed by atoms with Crippen molar-refractivity contribution in [1.82, 2.24) is 9.78 Å². The van der Waals surface area contributed by atoms with Gasteiger partial charge < -0.3 is 5.32 Å². The Morgan fingerprint density at radius 3 is 2.95 bits per heavy atom. The molecule has 21 heavy (non-hydrogen) atoms. The topological polar surface area (TPSA) is 81.1 Å². The van der Waals surface area contributed by atoms with Crippen molar-refractivity contribution in [2.75, 3.05) is 11.1 Å². The Labute approximate surface area is 127 Å². The van der Waals surface area contributed by atoms with Crippen molar-refractivity contribution in [2.24, 2.45) is 7.05 Å². The SMILES string of the molecule is C=CS(=O)(=O)CCC(=O)Nc1cc(-c2ccsc2)nn1C. The second-order valence-corrected chi connectivity index (χ2v) is 7.23. The van der Waals surface area contributed by atoms with Gasteiger partial charge in [0, 0.05) is 35.9 Å². The van der Waals surface area contributed by atoms with E-state index < -0.39 is 9.84 Å². The van der Waals surface area contributed by atoms with Crippen LogP contribution >= 0.6 is 11.3 Å². The molecule has 0 saturated heterocycles. The zero-order chi connectivity index (χ0) is 15.5. The van der Waals surface area contributed by atoms with Gasteiger partial charge in [-0.1, -0.05) is 6.58 Å². The number of nitrogens with zero attached hydrogens (tertiary/aromatic N) is 2. The standard InChI is InChI=1S/C13H15N3O3S2/c1-3-21(18,19)7-5-13(17)14-12-8-11(15-16(12)2)10-4-6-20-9-10/h3-4,6,8-9H,1,5,7H2,2H3,(H,14,17). The van der Waals surface area contributed by atoms with Crippen LogP contribution in [0, 0.1) is 0 Å². The summed E-state index contributed by atoms with van der Waals surface area (Å²) in [6.07, 6.45) is -0.118. The van der Waals surface area contributed by atoms with E-state index >= 15 is 0 Å². The highest BCUT2D eigenvalue weighted by Gasteiger charge is 2.13. The summed E-state index contributed by atoms with van der Waals surface area (Å²) < 4.78 is 24.1. The smallest absolute Gasteiger partial charge is 0.226 e. The number of anilines is 1. The summed E-state index contributed by atoms with van der Waals surface area (Å²) in [6.45, 7) is 3.21. The van der Waals surface area contributed by atoms with Crippen LogP contribution in [0.15, 0.2) is 34.9 Å². The van der Waals surface area contributed by atoms with E-state index in [-0.39, 0.29) is 18.1 Å². The van der Waals surface area contributed by atoms with E-state index in [2.05, 4.69) is 17.0 Å². The average molecular weight is 325 g/mol. The molecule has 0 radical (unpaired) electrons. The van der Waals surface area contributed by atoms with Gasteiger partial charge in [0.25, 0.3) is 0 Å². The minimum absolute atomic E-state index is 0.118. The normalized spacial score (nSPS) is 11.3. The van der Waals surface area contributed by atoms with Gasteiger partial charge in [-0.25, -0.2) is 8.42 Å². The summed E-state index contributed by atoms with van der Waals surface area (Å²) in [6, 6.07) is 3.69. The molecular formula is C13H15N3O3S2. The number of hydrogen-bond acceptors (Lipinski definition) is 5.